The normalized spacial score (nSPS) is 16.3. The van der Waals surface area contributed by atoms with Gasteiger partial charge in [-0.3, -0.25) is 4.79 Å². The molecule has 0 spiro atoms. The quantitative estimate of drug-likeness (QED) is 0.446. The van der Waals surface area contributed by atoms with Gasteiger partial charge in [0.05, 0.1) is 5.25 Å². The number of rotatable bonds is 4. The van der Waals surface area contributed by atoms with E-state index in [2.05, 4.69) is 28.2 Å². The Bertz CT molecular complexity index is 918. The molecule has 0 N–H and O–H groups in total. The second kappa shape index (κ2) is 8.40. The number of carbonyl (C=O) groups is 1. The van der Waals surface area contributed by atoms with Crippen LogP contribution < -0.4 is 0 Å². The number of likely N-dealkylation sites (tertiary alicyclic amines) is 1. The van der Waals surface area contributed by atoms with E-state index < -0.39 is 0 Å². The number of thioether (sulfide) groups is 1. The summed E-state index contributed by atoms with van der Waals surface area (Å²) in [6.45, 7) is 3.77. The fraction of sp³-hybridized carbons (Fsp3) is 0.381. The first kappa shape index (κ1) is 18.4. The van der Waals surface area contributed by atoms with Crippen LogP contribution in [0, 0.1) is 0 Å². The van der Waals surface area contributed by atoms with Crippen molar-refractivity contribution in [2.45, 2.75) is 42.9 Å². The fourth-order valence-electron chi connectivity index (χ4n) is 3.44. The monoisotopic (exact) mass is 397 g/mol. The number of nitrogens with zero attached hydrogens (tertiary/aromatic N) is 3. The van der Waals surface area contributed by atoms with Gasteiger partial charge >= 0.3 is 0 Å². The molecule has 1 atom stereocenters. The molecule has 4 rings (SSSR count). The maximum atomic E-state index is 12.9. The molecule has 2 aromatic heterocycles. The van der Waals surface area contributed by atoms with E-state index in [0.29, 0.717) is 0 Å². The standard InChI is InChI=1S/C21H23N3OS2/c1-15(21(25)24-11-7-2-3-8-12-24)26-19-17-13-18(16-9-5-4-6-10-16)27-20(17)23-14-22-19/h4-6,9-10,13-15H,2-3,7-8,11-12H2,1H3/t15-/m1/s1. The van der Waals surface area contributed by atoms with Crippen molar-refractivity contribution >= 4 is 39.2 Å². The number of aromatic nitrogens is 2. The summed E-state index contributed by atoms with van der Waals surface area (Å²) >= 11 is 3.23. The molecule has 1 aliphatic rings. The molecular weight excluding hydrogens is 374 g/mol. The minimum Gasteiger partial charge on any atom is -0.342 e. The lowest BCUT2D eigenvalue weighted by atomic mass is 10.2. The highest BCUT2D eigenvalue weighted by atomic mass is 32.2. The first-order valence-corrected chi connectivity index (χ1v) is 11.2. The molecule has 1 amide bonds. The SMILES string of the molecule is C[C@@H](Sc1ncnc2sc(-c3ccccc3)cc12)C(=O)N1CCCCCC1. The number of carbonyl (C=O) groups excluding carboxylic acids is 1. The molecule has 0 aliphatic carbocycles. The Morgan fingerprint density at radius 1 is 1.11 bits per heavy atom. The number of amides is 1. The van der Waals surface area contributed by atoms with Crippen molar-refractivity contribution in [2.24, 2.45) is 0 Å². The van der Waals surface area contributed by atoms with Crippen LogP contribution in [0.2, 0.25) is 0 Å². The minimum atomic E-state index is -0.138. The average molecular weight is 398 g/mol. The van der Waals surface area contributed by atoms with Gasteiger partial charge in [-0.25, -0.2) is 9.97 Å². The average Bonchev–Trinajstić information content (AvgIpc) is 2.96. The Morgan fingerprint density at radius 2 is 1.85 bits per heavy atom. The molecule has 0 unspecified atom stereocenters. The van der Waals surface area contributed by atoms with Crippen molar-refractivity contribution in [3.05, 3.63) is 42.7 Å². The van der Waals surface area contributed by atoms with Crippen molar-refractivity contribution < 1.29 is 4.79 Å². The van der Waals surface area contributed by atoms with Crippen LogP contribution in [0.3, 0.4) is 0 Å². The predicted octanol–water partition coefficient (Wildman–Crippen LogP) is 5.24. The van der Waals surface area contributed by atoms with Crippen molar-refractivity contribution in [1.82, 2.24) is 14.9 Å². The third-order valence-corrected chi connectivity index (χ3v) is 7.10. The van der Waals surface area contributed by atoms with E-state index >= 15 is 0 Å². The highest BCUT2D eigenvalue weighted by Crippen LogP contribution is 2.37. The smallest absolute Gasteiger partial charge is 0.235 e. The van der Waals surface area contributed by atoms with Gasteiger partial charge in [-0.05, 0) is 31.4 Å². The van der Waals surface area contributed by atoms with Gasteiger partial charge in [0.15, 0.2) is 0 Å². The molecule has 1 aromatic carbocycles. The Labute approximate surface area is 168 Å². The molecule has 4 nitrogen and oxygen atoms in total. The van der Waals surface area contributed by atoms with Crippen LogP contribution in [0.4, 0.5) is 0 Å². The minimum absolute atomic E-state index is 0.138. The summed E-state index contributed by atoms with van der Waals surface area (Å²) in [5.74, 6) is 0.229. The molecule has 1 aliphatic heterocycles. The van der Waals surface area contributed by atoms with E-state index in [4.69, 9.17) is 0 Å². The number of thiophene rings is 1. The summed E-state index contributed by atoms with van der Waals surface area (Å²) in [6, 6.07) is 12.5. The number of benzene rings is 1. The van der Waals surface area contributed by atoms with Crippen LogP contribution in [-0.2, 0) is 4.79 Å². The summed E-state index contributed by atoms with van der Waals surface area (Å²) in [7, 11) is 0. The molecule has 140 valence electrons. The molecule has 1 saturated heterocycles. The topological polar surface area (TPSA) is 46.1 Å². The van der Waals surface area contributed by atoms with E-state index in [1.165, 1.54) is 23.3 Å². The Balaban J connectivity index is 1.56. The Morgan fingerprint density at radius 3 is 2.59 bits per heavy atom. The molecule has 0 radical (unpaired) electrons. The number of hydrogen-bond donors (Lipinski definition) is 0. The molecule has 0 bridgehead atoms. The third kappa shape index (κ3) is 4.17. The summed E-state index contributed by atoms with van der Waals surface area (Å²) in [5.41, 5.74) is 1.19. The zero-order valence-electron chi connectivity index (χ0n) is 15.4. The van der Waals surface area contributed by atoms with Crippen LogP contribution >= 0.6 is 23.1 Å². The molecule has 3 aromatic rings. The van der Waals surface area contributed by atoms with Gasteiger partial charge in [-0.1, -0.05) is 54.9 Å². The third-order valence-electron chi connectivity index (χ3n) is 4.91. The summed E-state index contributed by atoms with van der Waals surface area (Å²) in [6.07, 6.45) is 6.31. The van der Waals surface area contributed by atoms with Crippen LogP contribution in [0.15, 0.2) is 47.8 Å². The first-order valence-electron chi connectivity index (χ1n) is 9.48. The van der Waals surface area contributed by atoms with E-state index in [1.807, 2.05) is 30.0 Å². The van der Waals surface area contributed by atoms with E-state index in [1.54, 1.807) is 29.4 Å². The molecular formula is C21H23N3OS2. The van der Waals surface area contributed by atoms with Crippen molar-refractivity contribution in [1.29, 1.82) is 0 Å². The summed E-state index contributed by atoms with van der Waals surface area (Å²) in [5, 5.41) is 1.80. The summed E-state index contributed by atoms with van der Waals surface area (Å²) in [4.78, 5) is 26.0. The highest BCUT2D eigenvalue weighted by Gasteiger charge is 2.24. The van der Waals surface area contributed by atoms with Crippen LogP contribution in [0.5, 0.6) is 0 Å². The highest BCUT2D eigenvalue weighted by molar-refractivity contribution is 8.00. The summed E-state index contributed by atoms with van der Waals surface area (Å²) < 4.78 is 0. The zero-order chi connectivity index (χ0) is 18.6. The maximum Gasteiger partial charge on any atom is 0.235 e. The zero-order valence-corrected chi connectivity index (χ0v) is 17.1. The van der Waals surface area contributed by atoms with Crippen molar-refractivity contribution in [3.8, 4) is 10.4 Å². The lowest BCUT2D eigenvalue weighted by molar-refractivity contribution is -0.130. The molecule has 6 heteroatoms. The fourth-order valence-corrected chi connectivity index (χ4v) is 5.48. The van der Waals surface area contributed by atoms with Crippen LogP contribution in [0.1, 0.15) is 32.6 Å². The van der Waals surface area contributed by atoms with Crippen molar-refractivity contribution in [3.63, 3.8) is 0 Å². The first-order chi connectivity index (χ1) is 13.2. The molecule has 1 fully saturated rings. The maximum absolute atomic E-state index is 12.9. The van der Waals surface area contributed by atoms with Gasteiger partial charge in [0.2, 0.25) is 5.91 Å². The van der Waals surface area contributed by atoms with Crippen LogP contribution in [-0.4, -0.2) is 39.1 Å². The van der Waals surface area contributed by atoms with Gasteiger partial charge in [0, 0.05) is 23.4 Å². The molecule has 3 heterocycles. The predicted molar refractivity (Wildman–Crippen MR) is 113 cm³/mol. The van der Waals surface area contributed by atoms with Crippen molar-refractivity contribution in [2.75, 3.05) is 13.1 Å². The van der Waals surface area contributed by atoms with Gasteiger partial charge < -0.3 is 4.90 Å². The van der Waals surface area contributed by atoms with E-state index in [0.717, 1.165) is 41.2 Å². The number of fused-ring (bicyclic) bond motifs is 1. The van der Waals surface area contributed by atoms with Crippen LogP contribution in [0.25, 0.3) is 20.7 Å². The van der Waals surface area contributed by atoms with E-state index in [9.17, 15) is 4.79 Å². The number of hydrogen-bond acceptors (Lipinski definition) is 5. The second-order valence-electron chi connectivity index (χ2n) is 6.87. The van der Waals surface area contributed by atoms with Gasteiger partial charge in [0.1, 0.15) is 16.2 Å². The lowest BCUT2D eigenvalue weighted by Gasteiger charge is -2.23. The Kier molecular flexibility index (Phi) is 5.74. The van der Waals surface area contributed by atoms with E-state index in [-0.39, 0.29) is 11.2 Å². The Hall–Kier alpha value is -1.92. The van der Waals surface area contributed by atoms with Gasteiger partial charge in [-0.2, -0.15) is 0 Å². The van der Waals surface area contributed by atoms with Gasteiger partial charge in [-0.15, -0.1) is 11.3 Å². The lowest BCUT2D eigenvalue weighted by Crippen LogP contribution is -2.37. The molecule has 0 saturated carbocycles. The second-order valence-corrected chi connectivity index (χ2v) is 9.23. The molecule has 27 heavy (non-hydrogen) atoms. The largest absolute Gasteiger partial charge is 0.342 e. The van der Waals surface area contributed by atoms with Gasteiger partial charge in [0.25, 0.3) is 0 Å².